The average molecular weight is 513 g/mol. The van der Waals surface area contributed by atoms with Crippen LogP contribution in [0.15, 0.2) is 72.8 Å². The van der Waals surface area contributed by atoms with Crippen LogP contribution in [0.5, 0.6) is 0 Å². The van der Waals surface area contributed by atoms with Gasteiger partial charge in [0.25, 0.3) is 0 Å². The quantitative estimate of drug-likeness (QED) is 0.260. The van der Waals surface area contributed by atoms with E-state index >= 15 is 0 Å². The summed E-state index contributed by atoms with van der Waals surface area (Å²) in [7, 11) is 0. The van der Waals surface area contributed by atoms with Crippen molar-refractivity contribution in [1.29, 1.82) is 0 Å². The second kappa shape index (κ2) is 9.39. The van der Waals surface area contributed by atoms with E-state index in [4.69, 9.17) is 46.4 Å². The summed E-state index contributed by atoms with van der Waals surface area (Å²) < 4.78 is 0. The van der Waals surface area contributed by atoms with E-state index in [2.05, 4.69) is 52.0 Å². The topological polar surface area (TPSA) is 0 Å². The number of hydrogen-bond acceptors (Lipinski definition) is 0. The van der Waals surface area contributed by atoms with Gasteiger partial charge in [-0.15, -0.1) is 0 Å². The highest BCUT2D eigenvalue weighted by molar-refractivity contribution is 7.20. The van der Waals surface area contributed by atoms with Crippen molar-refractivity contribution in [2.24, 2.45) is 0 Å². The molecule has 0 bridgehead atoms. The van der Waals surface area contributed by atoms with Gasteiger partial charge >= 0.3 is 0 Å². The molecule has 0 saturated heterocycles. The van der Waals surface area contributed by atoms with Crippen molar-refractivity contribution in [2.45, 2.75) is 27.7 Å². The summed E-state index contributed by atoms with van der Waals surface area (Å²) >= 11 is 25.7. The monoisotopic (exact) mass is 511 g/mol. The lowest BCUT2D eigenvalue weighted by atomic mass is 9.11. The third-order valence-electron chi connectivity index (χ3n) is 6.79. The largest absolute Gasteiger partial charge is 0.192 e. The van der Waals surface area contributed by atoms with Gasteiger partial charge in [-0.1, -0.05) is 92.9 Å². The van der Waals surface area contributed by atoms with Gasteiger partial charge in [0, 0.05) is 20.1 Å². The molecule has 0 aliphatic carbocycles. The second-order valence-electron chi connectivity index (χ2n) is 8.87. The second-order valence-corrected chi connectivity index (χ2v) is 10.6. The summed E-state index contributed by atoms with van der Waals surface area (Å²) in [5.74, 6) is 0. The van der Waals surface area contributed by atoms with E-state index in [-0.39, 0.29) is 0 Å². The van der Waals surface area contributed by atoms with E-state index in [1.807, 2.05) is 48.5 Å². The molecule has 0 N–H and O–H groups in total. The van der Waals surface area contributed by atoms with Gasteiger partial charge < -0.3 is 0 Å². The van der Waals surface area contributed by atoms with E-state index in [9.17, 15) is 0 Å². The number of benzene rings is 4. The van der Waals surface area contributed by atoms with Gasteiger partial charge in [-0.25, -0.2) is 0 Å². The maximum absolute atomic E-state index is 6.42. The third-order valence-corrected chi connectivity index (χ3v) is 7.73. The molecule has 0 aliphatic rings. The van der Waals surface area contributed by atoms with Gasteiger partial charge in [-0.2, -0.15) is 21.9 Å². The predicted molar refractivity (Wildman–Crippen MR) is 149 cm³/mol. The maximum atomic E-state index is 6.42. The zero-order valence-corrected chi connectivity index (χ0v) is 22.0. The molecule has 0 nitrogen and oxygen atoms in total. The van der Waals surface area contributed by atoms with Crippen LogP contribution in [0, 0.1) is 27.7 Å². The third kappa shape index (κ3) is 4.33. The summed E-state index contributed by atoms with van der Waals surface area (Å²) in [6.45, 7) is 8.50. The lowest BCUT2D eigenvalue weighted by Gasteiger charge is -2.48. The Morgan fingerprint density at radius 1 is 0.394 bits per heavy atom. The number of halogens is 4. The van der Waals surface area contributed by atoms with Crippen LogP contribution in [-0.4, -0.2) is 6.15 Å². The fourth-order valence-electron chi connectivity index (χ4n) is 5.51. The molecule has 33 heavy (non-hydrogen) atoms. The molecule has 0 aliphatic heterocycles. The molecule has 0 saturated carbocycles. The Kier molecular flexibility index (Phi) is 6.90. The Hall–Kier alpha value is -1.90. The molecule has 5 heteroatoms. The van der Waals surface area contributed by atoms with Gasteiger partial charge in [0.15, 0.2) is 0 Å². The van der Waals surface area contributed by atoms with Crippen LogP contribution in [-0.2, 0) is 0 Å². The molecule has 0 fully saturated rings. The standard InChI is InChI=1S/C28H24BCl4/c1-17-13-21(30)5-9-25(17)29(26-10-6-22(31)14-18(26)2,27-11-7-23(32)15-19(27)3)28-12-8-24(33)16-20(28)4/h5-16H,1-4H3/q-1. The SMILES string of the molecule is Cc1cc(Cl)ccc1[B-](c1ccc(Cl)cc1C)(c1ccc(Cl)cc1C)c1ccc(Cl)cc1C. The van der Waals surface area contributed by atoms with Crippen LogP contribution in [0.4, 0.5) is 0 Å². The van der Waals surface area contributed by atoms with Crippen molar-refractivity contribution in [3.8, 4) is 0 Å². The minimum Gasteiger partial charge on any atom is -0.192 e. The molecular weight excluding hydrogens is 489 g/mol. The first kappa shape index (κ1) is 24.2. The average Bonchev–Trinajstić information content (AvgIpc) is 2.72. The molecule has 0 aromatic heterocycles. The van der Waals surface area contributed by atoms with E-state index in [1.165, 1.54) is 21.9 Å². The lowest BCUT2D eigenvalue weighted by Crippen LogP contribution is -2.76. The van der Waals surface area contributed by atoms with Crippen LogP contribution >= 0.6 is 46.4 Å². The summed E-state index contributed by atoms with van der Waals surface area (Å²) in [6, 6.07) is 24.7. The van der Waals surface area contributed by atoms with Crippen molar-refractivity contribution >= 4 is 74.4 Å². The lowest BCUT2D eigenvalue weighted by molar-refractivity contribution is 1.44. The maximum Gasteiger partial charge on any atom is 0.109 e. The van der Waals surface area contributed by atoms with E-state index in [1.54, 1.807) is 0 Å². The van der Waals surface area contributed by atoms with E-state index in [0.29, 0.717) is 0 Å². The zero-order valence-electron chi connectivity index (χ0n) is 19.0. The molecule has 0 unspecified atom stereocenters. The highest BCUT2D eigenvalue weighted by Gasteiger charge is 2.36. The minimum absolute atomic E-state index is 0.717. The molecule has 4 aromatic rings. The predicted octanol–water partition coefficient (Wildman–Crippen LogP) is 6.91. The fraction of sp³-hybridized carbons (Fsp3) is 0.143. The number of aryl methyl sites for hydroxylation is 4. The van der Waals surface area contributed by atoms with Crippen molar-refractivity contribution in [2.75, 3.05) is 0 Å². The fourth-order valence-corrected chi connectivity index (χ4v) is 6.41. The molecule has 0 spiro atoms. The van der Waals surface area contributed by atoms with Crippen molar-refractivity contribution in [3.63, 3.8) is 0 Å². The molecule has 0 heterocycles. The van der Waals surface area contributed by atoms with Crippen LogP contribution in [0.3, 0.4) is 0 Å². The Morgan fingerprint density at radius 3 is 0.788 bits per heavy atom. The minimum atomic E-state index is -1.61. The van der Waals surface area contributed by atoms with Gasteiger partial charge in [-0.05, 0) is 76.2 Å². The van der Waals surface area contributed by atoms with Crippen molar-refractivity contribution in [3.05, 3.63) is 115 Å². The van der Waals surface area contributed by atoms with Gasteiger partial charge in [0.2, 0.25) is 0 Å². The molecule has 0 amide bonds. The van der Waals surface area contributed by atoms with Crippen LogP contribution in [0.1, 0.15) is 22.3 Å². The van der Waals surface area contributed by atoms with Crippen LogP contribution in [0.2, 0.25) is 20.1 Å². The molecule has 4 aromatic carbocycles. The number of hydrogen-bond donors (Lipinski definition) is 0. The first-order valence-corrected chi connectivity index (χ1v) is 12.4. The Morgan fingerprint density at radius 2 is 0.606 bits per heavy atom. The highest BCUT2D eigenvalue weighted by atomic mass is 35.5. The summed E-state index contributed by atoms with van der Waals surface area (Å²) in [6.07, 6.45) is -1.61. The first-order chi connectivity index (χ1) is 15.6. The molecule has 0 radical (unpaired) electrons. The van der Waals surface area contributed by atoms with Crippen LogP contribution < -0.4 is 21.9 Å². The van der Waals surface area contributed by atoms with Gasteiger partial charge in [0.1, 0.15) is 6.15 Å². The normalized spacial score (nSPS) is 11.6. The summed E-state index contributed by atoms with van der Waals surface area (Å²) in [4.78, 5) is 0. The Balaban J connectivity index is 2.28. The molecule has 168 valence electrons. The number of rotatable bonds is 4. The first-order valence-electron chi connectivity index (χ1n) is 10.9. The molecular formula is C28H24BCl4-. The molecule has 4 rings (SSSR count). The van der Waals surface area contributed by atoms with Crippen molar-refractivity contribution in [1.82, 2.24) is 0 Å². The molecule has 0 atom stereocenters. The zero-order chi connectivity index (χ0) is 23.9. The van der Waals surface area contributed by atoms with Gasteiger partial charge in [0.05, 0.1) is 0 Å². The summed E-state index contributed by atoms with van der Waals surface area (Å²) in [5.41, 5.74) is 9.34. The Labute approximate surface area is 216 Å². The van der Waals surface area contributed by atoms with Gasteiger partial charge in [-0.3, -0.25) is 0 Å². The smallest absolute Gasteiger partial charge is 0.109 e. The van der Waals surface area contributed by atoms with E-state index in [0.717, 1.165) is 42.3 Å². The highest BCUT2D eigenvalue weighted by Crippen LogP contribution is 2.22. The summed E-state index contributed by atoms with van der Waals surface area (Å²) in [5, 5.41) is 2.87. The van der Waals surface area contributed by atoms with Crippen molar-refractivity contribution < 1.29 is 0 Å². The Bertz CT molecular complexity index is 1150. The van der Waals surface area contributed by atoms with Crippen LogP contribution in [0.25, 0.3) is 0 Å². The van der Waals surface area contributed by atoms with E-state index < -0.39 is 6.15 Å².